The van der Waals surface area contributed by atoms with Gasteiger partial charge in [0.05, 0.1) is 22.6 Å². The minimum absolute atomic E-state index is 0.0269. The van der Waals surface area contributed by atoms with Gasteiger partial charge in [-0.05, 0) is 33.2 Å². The molecule has 2 heterocycles. The van der Waals surface area contributed by atoms with Crippen LogP contribution >= 0.6 is 0 Å². The first kappa shape index (κ1) is 15.2. The molecule has 0 amide bonds. The summed E-state index contributed by atoms with van der Waals surface area (Å²) in [4.78, 5) is 30.7. The molecule has 1 N–H and O–H groups in total. The number of aromatic carboxylic acids is 1. The zero-order valence-corrected chi connectivity index (χ0v) is 13.1. The number of hydrogen-bond acceptors (Lipinski definition) is 4. The summed E-state index contributed by atoms with van der Waals surface area (Å²) >= 11 is 0. The van der Waals surface area contributed by atoms with Crippen LogP contribution in [-0.4, -0.2) is 39.6 Å². The van der Waals surface area contributed by atoms with Gasteiger partial charge in [-0.2, -0.15) is 0 Å². The minimum Gasteiger partial charge on any atom is -0.478 e. The monoisotopic (exact) mass is 311 g/mol. The first-order valence-corrected chi connectivity index (χ1v) is 7.24. The molecule has 0 aliphatic rings. The number of nitrogens with zero attached hydrogens (tertiary/aromatic N) is 3. The van der Waals surface area contributed by atoms with Gasteiger partial charge in [0, 0.05) is 11.6 Å². The lowest BCUT2D eigenvalue weighted by Crippen LogP contribution is -2.32. The Morgan fingerprint density at radius 2 is 2.00 bits per heavy atom. The maximum absolute atomic E-state index is 12.8. The molecule has 0 radical (unpaired) electrons. The standard InChI is InChI=1S/C17H17N3O3/c1-10(19(2)3)20-9-13(17(22)23)15-12(16(20)21)8-11-6-4-5-7-14(11)18-15/h4-10H,1-3H3,(H,22,23). The molecule has 0 saturated heterocycles. The fourth-order valence-electron chi connectivity index (χ4n) is 2.57. The third kappa shape index (κ3) is 2.47. The number of carboxylic acid groups (broad SMARTS) is 1. The fraction of sp³-hybridized carbons (Fsp3) is 0.235. The third-order valence-electron chi connectivity index (χ3n) is 4.09. The minimum atomic E-state index is -1.10. The topological polar surface area (TPSA) is 75.4 Å². The number of carboxylic acids is 1. The summed E-state index contributed by atoms with van der Waals surface area (Å²) in [6, 6.07) is 9.06. The zero-order chi connectivity index (χ0) is 16.7. The molecule has 0 saturated carbocycles. The van der Waals surface area contributed by atoms with Gasteiger partial charge in [0.1, 0.15) is 5.56 Å². The van der Waals surface area contributed by atoms with E-state index in [0.29, 0.717) is 10.9 Å². The molecule has 0 fully saturated rings. The molecule has 0 bridgehead atoms. The van der Waals surface area contributed by atoms with Crippen LogP contribution in [0.25, 0.3) is 21.8 Å². The van der Waals surface area contributed by atoms with Gasteiger partial charge in [0.25, 0.3) is 5.56 Å². The molecule has 6 nitrogen and oxygen atoms in total. The highest BCUT2D eigenvalue weighted by Crippen LogP contribution is 2.21. The van der Waals surface area contributed by atoms with Crippen LogP contribution in [0.3, 0.4) is 0 Å². The first-order valence-electron chi connectivity index (χ1n) is 7.24. The van der Waals surface area contributed by atoms with E-state index in [1.165, 1.54) is 10.8 Å². The number of benzene rings is 1. The van der Waals surface area contributed by atoms with Crippen LogP contribution in [0.15, 0.2) is 41.3 Å². The lowest BCUT2D eigenvalue weighted by Gasteiger charge is -2.23. The van der Waals surface area contributed by atoms with E-state index in [0.717, 1.165) is 5.39 Å². The van der Waals surface area contributed by atoms with E-state index >= 15 is 0 Å². The normalized spacial score (nSPS) is 12.9. The number of rotatable bonds is 3. The van der Waals surface area contributed by atoms with Crippen molar-refractivity contribution < 1.29 is 9.90 Å². The Labute approximate surface area is 132 Å². The summed E-state index contributed by atoms with van der Waals surface area (Å²) in [5.41, 5.74) is 0.673. The summed E-state index contributed by atoms with van der Waals surface area (Å²) in [5.74, 6) is -1.10. The van der Waals surface area contributed by atoms with Crippen LogP contribution in [0.4, 0.5) is 0 Å². The van der Waals surface area contributed by atoms with E-state index in [1.54, 1.807) is 12.1 Å². The molecular formula is C17H17N3O3. The van der Waals surface area contributed by atoms with Crippen molar-refractivity contribution >= 4 is 27.8 Å². The van der Waals surface area contributed by atoms with Crippen LogP contribution in [0.2, 0.25) is 0 Å². The lowest BCUT2D eigenvalue weighted by molar-refractivity contribution is 0.0697. The number of carbonyl (C=O) groups is 1. The zero-order valence-electron chi connectivity index (χ0n) is 13.1. The quantitative estimate of drug-likeness (QED) is 0.751. The number of fused-ring (bicyclic) bond motifs is 2. The van der Waals surface area contributed by atoms with Crippen molar-refractivity contribution in [2.45, 2.75) is 13.1 Å². The first-order chi connectivity index (χ1) is 10.9. The Bertz CT molecular complexity index is 976. The van der Waals surface area contributed by atoms with Crippen molar-refractivity contribution in [2.24, 2.45) is 0 Å². The molecule has 1 aromatic carbocycles. The fourth-order valence-corrected chi connectivity index (χ4v) is 2.57. The molecule has 3 rings (SSSR count). The van der Waals surface area contributed by atoms with Crippen LogP contribution in [-0.2, 0) is 0 Å². The smallest absolute Gasteiger partial charge is 0.339 e. The summed E-state index contributed by atoms with van der Waals surface area (Å²) in [6.07, 6.45) is 1.11. The molecule has 23 heavy (non-hydrogen) atoms. The predicted molar refractivity (Wildman–Crippen MR) is 88.9 cm³/mol. The highest BCUT2D eigenvalue weighted by Gasteiger charge is 2.19. The Morgan fingerprint density at radius 1 is 1.30 bits per heavy atom. The average molecular weight is 311 g/mol. The molecule has 2 aromatic heterocycles. The van der Waals surface area contributed by atoms with Crippen LogP contribution in [0, 0.1) is 0 Å². The molecule has 0 aliphatic heterocycles. The second kappa shape index (κ2) is 5.48. The van der Waals surface area contributed by atoms with Crippen molar-refractivity contribution in [1.82, 2.24) is 14.5 Å². The SMILES string of the molecule is CC(N(C)C)n1cc(C(=O)O)c2nc3ccccc3cc2c1=O. The number of para-hydroxylation sites is 1. The highest BCUT2D eigenvalue weighted by atomic mass is 16.4. The molecule has 118 valence electrons. The summed E-state index contributed by atoms with van der Waals surface area (Å²) < 4.78 is 1.43. The molecule has 1 unspecified atom stereocenters. The number of aromatic nitrogens is 2. The molecule has 0 aliphatic carbocycles. The van der Waals surface area contributed by atoms with E-state index in [4.69, 9.17) is 0 Å². The van der Waals surface area contributed by atoms with Crippen molar-refractivity contribution in [1.29, 1.82) is 0 Å². The Morgan fingerprint density at radius 3 is 2.65 bits per heavy atom. The summed E-state index contributed by atoms with van der Waals surface area (Å²) in [5, 5.41) is 10.6. The maximum Gasteiger partial charge on any atom is 0.339 e. The number of pyridine rings is 2. The van der Waals surface area contributed by atoms with Crippen molar-refractivity contribution in [3.8, 4) is 0 Å². The largest absolute Gasteiger partial charge is 0.478 e. The van der Waals surface area contributed by atoms with Crippen molar-refractivity contribution in [3.63, 3.8) is 0 Å². The number of hydrogen-bond donors (Lipinski definition) is 1. The predicted octanol–water partition coefficient (Wildman–Crippen LogP) is 2.33. The van der Waals surface area contributed by atoms with Gasteiger partial charge in [-0.1, -0.05) is 18.2 Å². The molecule has 0 spiro atoms. The van der Waals surface area contributed by atoms with Crippen LogP contribution in [0.1, 0.15) is 23.4 Å². The average Bonchev–Trinajstić information content (AvgIpc) is 2.52. The summed E-state index contributed by atoms with van der Waals surface area (Å²) in [7, 11) is 3.67. The van der Waals surface area contributed by atoms with E-state index in [9.17, 15) is 14.7 Å². The van der Waals surface area contributed by atoms with E-state index in [2.05, 4.69) is 4.98 Å². The molecule has 1 atom stereocenters. The van der Waals surface area contributed by atoms with Gasteiger partial charge in [0.15, 0.2) is 0 Å². The van der Waals surface area contributed by atoms with Gasteiger partial charge in [-0.25, -0.2) is 9.78 Å². The Kier molecular flexibility index (Phi) is 3.61. The molecular weight excluding hydrogens is 294 g/mol. The maximum atomic E-state index is 12.8. The molecule has 3 aromatic rings. The second-order valence-electron chi connectivity index (χ2n) is 5.73. The van der Waals surface area contributed by atoms with Gasteiger partial charge in [0.2, 0.25) is 0 Å². The van der Waals surface area contributed by atoms with E-state index < -0.39 is 5.97 Å². The molecule has 6 heteroatoms. The van der Waals surface area contributed by atoms with Crippen molar-refractivity contribution in [2.75, 3.05) is 14.1 Å². The Balaban J connectivity index is 2.46. The van der Waals surface area contributed by atoms with Gasteiger partial charge < -0.3 is 5.11 Å². The highest BCUT2D eigenvalue weighted by molar-refractivity contribution is 6.04. The van der Waals surface area contributed by atoms with E-state index in [1.807, 2.05) is 44.1 Å². The van der Waals surface area contributed by atoms with E-state index in [-0.39, 0.29) is 22.8 Å². The van der Waals surface area contributed by atoms with Gasteiger partial charge in [-0.3, -0.25) is 14.3 Å². The van der Waals surface area contributed by atoms with Gasteiger partial charge in [-0.15, -0.1) is 0 Å². The lowest BCUT2D eigenvalue weighted by atomic mass is 10.1. The summed E-state index contributed by atoms with van der Waals surface area (Å²) in [6.45, 7) is 1.84. The Hall–Kier alpha value is -2.73. The third-order valence-corrected chi connectivity index (χ3v) is 4.09. The second-order valence-corrected chi connectivity index (χ2v) is 5.73. The van der Waals surface area contributed by atoms with Gasteiger partial charge >= 0.3 is 5.97 Å². The van der Waals surface area contributed by atoms with Crippen LogP contribution in [0.5, 0.6) is 0 Å². The van der Waals surface area contributed by atoms with Crippen LogP contribution < -0.4 is 5.56 Å². The van der Waals surface area contributed by atoms with Crippen molar-refractivity contribution in [3.05, 3.63) is 52.4 Å².